The summed E-state index contributed by atoms with van der Waals surface area (Å²) in [5.74, 6) is -0.280. The Morgan fingerprint density at radius 3 is 2.33 bits per heavy atom. The SMILES string of the molecule is COC(=O)[C@H](CC(C)C)NC(=O)N(C)O. The number of hydrogen-bond acceptors (Lipinski definition) is 4. The van der Waals surface area contributed by atoms with E-state index in [-0.39, 0.29) is 5.92 Å². The lowest BCUT2D eigenvalue weighted by atomic mass is 10.0. The molecule has 6 nitrogen and oxygen atoms in total. The summed E-state index contributed by atoms with van der Waals surface area (Å²) in [7, 11) is 2.43. The first kappa shape index (κ1) is 13.7. The van der Waals surface area contributed by atoms with Crippen molar-refractivity contribution < 1.29 is 19.5 Å². The maximum Gasteiger partial charge on any atom is 0.341 e. The minimum Gasteiger partial charge on any atom is -0.467 e. The molecule has 0 radical (unpaired) electrons. The third kappa shape index (κ3) is 5.21. The molecule has 0 saturated carbocycles. The zero-order valence-corrected chi connectivity index (χ0v) is 9.48. The number of hydroxylamine groups is 2. The van der Waals surface area contributed by atoms with Crippen LogP contribution < -0.4 is 5.32 Å². The van der Waals surface area contributed by atoms with Gasteiger partial charge in [-0.3, -0.25) is 5.21 Å². The number of carbonyl (C=O) groups excluding carboxylic acids is 2. The van der Waals surface area contributed by atoms with E-state index in [2.05, 4.69) is 10.1 Å². The second-order valence-corrected chi connectivity index (χ2v) is 3.68. The van der Waals surface area contributed by atoms with Crippen LogP contribution >= 0.6 is 0 Å². The van der Waals surface area contributed by atoms with Crippen molar-refractivity contribution in [2.45, 2.75) is 26.3 Å². The quantitative estimate of drug-likeness (QED) is 0.411. The van der Waals surface area contributed by atoms with Gasteiger partial charge in [0.25, 0.3) is 0 Å². The third-order valence-electron chi connectivity index (χ3n) is 1.78. The van der Waals surface area contributed by atoms with Gasteiger partial charge in [0.15, 0.2) is 0 Å². The van der Waals surface area contributed by atoms with Crippen molar-refractivity contribution in [3.05, 3.63) is 0 Å². The number of nitrogens with zero attached hydrogens (tertiary/aromatic N) is 1. The van der Waals surface area contributed by atoms with Crippen molar-refractivity contribution in [2.24, 2.45) is 5.92 Å². The number of amides is 2. The normalized spacial score (nSPS) is 12.1. The van der Waals surface area contributed by atoms with E-state index in [1.165, 1.54) is 14.2 Å². The Bertz CT molecular complexity index is 228. The number of rotatable bonds is 4. The molecule has 0 fully saturated rings. The second-order valence-electron chi connectivity index (χ2n) is 3.68. The molecular weight excluding hydrogens is 200 g/mol. The second kappa shape index (κ2) is 6.23. The Balaban J connectivity index is 4.37. The van der Waals surface area contributed by atoms with Crippen LogP contribution in [0.3, 0.4) is 0 Å². The lowest BCUT2D eigenvalue weighted by Gasteiger charge is -2.19. The van der Waals surface area contributed by atoms with E-state index in [0.29, 0.717) is 11.5 Å². The minimum atomic E-state index is -0.731. The Morgan fingerprint density at radius 1 is 1.47 bits per heavy atom. The molecule has 0 bridgehead atoms. The summed E-state index contributed by atoms with van der Waals surface area (Å²) in [6.07, 6.45) is 0.465. The van der Waals surface area contributed by atoms with Crippen LogP contribution in [-0.4, -0.2) is 42.5 Å². The maximum atomic E-state index is 11.3. The molecule has 0 unspecified atom stereocenters. The fourth-order valence-electron chi connectivity index (χ4n) is 1.07. The lowest BCUT2D eigenvalue weighted by molar-refractivity contribution is -0.143. The number of carbonyl (C=O) groups is 2. The molecule has 1 atom stereocenters. The molecule has 2 amide bonds. The van der Waals surface area contributed by atoms with Crippen LogP contribution in [0.15, 0.2) is 0 Å². The molecule has 0 aliphatic rings. The number of methoxy groups -OCH3 is 1. The molecule has 15 heavy (non-hydrogen) atoms. The van der Waals surface area contributed by atoms with Crippen LogP contribution in [0.2, 0.25) is 0 Å². The number of nitrogens with one attached hydrogen (secondary N) is 1. The average molecular weight is 218 g/mol. The highest BCUT2D eigenvalue weighted by Gasteiger charge is 2.23. The summed E-state index contributed by atoms with van der Waals surface area (Å²) in [6.45, 7) is 3.84. The zero-order chi connectivity index (χ0) is 12.0. The van der Waals surface area contributed by atoms with Crippen molar-refractivity contribution >= 4 is 12.0 Å². The topological polar surface area (TPSA) is 78.9 Å². The van der Waals surface area contributed by atoms with Gasteiger partial charge in [0.1, 0.15) is 6.04 Å². The first-order chi connectivity index (χ1) is 6.88. The van der Waals surface area contributed by atoms with Crippen molar-refractivity contribution in [3.63, 3.8) is 0 Å². The molecule has 0 spiro atoms. The summed E-state index contributed by atoms with van der Waals surface area (Å²) in [4.78, 5) is 22.4. The molecule has 6 heteroatoms. The summed E-state index contributed by atoms with van der Waals surface area (Å²) in [5.41, 5.74) is 0. The molecule has 0 saturated heterocycles. The van der Waals surface area contributed by atoms with E-state index in [9.17, 15) is 9.59 Å². The van der Waals surface area contributed by atoms with Gasteiger partial charge < -0.3 is 10.1 Å². The van der Waals surface area contributed by atoms with Gasteiger partial charge in [-0.15, -0.1) is 0 Å². The van der Waals surface area contributed by atoms with Gasteiger partial charge in [0.05, 0.1) is 7.11 Å². The number of urea groups is 1. The Morgan fingerprint density at radius 2 is 2.00 bits per heavy atom. The fourth-order valence-corrected chi connectivity index (χ4v) is 1.07. The van der Waals surface area contributed by atoms with Crippen LogP contribution in [0, 0.1) is 5.92 Å². The first-order valence-corrected chi connectivity index (χ1v) is 4.69. The largest absolute Gasteiger partial charge is 0.467 e. The Labute approximate surface area is 89.2 Å². The molecule has 0 aromatic carbocycles. The van der Waals surface area contributed by atoms with E-state index in [1.54, 1.807) is 0 Å². The monoisotopic (exact) mass is 218 g/mol. The predicted octanol–water partition coefficient (Wildman–Crippen LogP) is 0.605. The number of esters is 1. The van der Waals surface area contributed by atoms with E-state index in [4.69, 9.17) is 5.21 Å². The van der Waals surface area contributed by atoms with Crippen molar-refractivity contribution in [2.75, 3.05) is 14.2 Å². The van der Waals surface area contributed by atoms with Gasteiger partial charge in [-0.2, -0.15) is 0 Å². The van der Waals surface area contributed by atoms with Crippen LogP contribution in [0.1, 0.15) is 20.3 Å². The van der Waals surface area contributed by atoms with Crippen LogP contribution in [-0.2, 0) is 9.53 Å². The summed E-state index contributed by atoms with van der Waals surface area (Å²) < 4.78 is 4.54. The highest BCUT2D eigenvalue weighted by atomic mass is 16.5. The smallest absolute Gasteiger partial charge is 0.341 e. The van der Waals surface area contributed by atoms with Gasteiger partial charge in [-0.1, -0.05) is 13.8 Å². The standard InChI is InChI=1S/C9H18N2O4/c1-6(2)5-7(8(12)15-4)10-9(13)11(3)14/h6-7,14H,5H2,1-4H3,(H,10,13)/t7-/m0/s1. The minimum absolute atomic E-state index is 0.235. The highest BCUT2D eigenvalue weighted by Crippen LogP contribution is 2.06. The molecule has 0 aromatic rings. The lowest BCUT2D eigenvalue weighted by Crippen LogP contribution is -2.46. The molecule has 0 heterocycles. The van der Waals surface area contributed by atoms with Gasteiger partial charge >= 0.3 is 12.0 Å². The van der Waals surface area contributed by atoms with E-state index < -0.39 is 18.0 Å². The average Bonchev–Trinajstić information content (AvgIpc) is 2.14. The number of ether oxygens (including phenoxy) is 1. The molecule has 0 aliphatic carbocycles. The maximum absolute atomic E-state index is 11.3. The highest BCUT2D eigenvalue weighted by molar-refractivity contribution is 5.82. The summed E-state index contributed by atoms with van der Waals surface area (Å²) in [6, 6.07) is -1.46. The van der Waals surface area contributed by atoms with Crippen molar-refractivity contribution in [1.82, 2.24) is 10.4 Å². The summed E-state index contributed by atoms with van der Waals surface area (Å²) >= 11 is 0. The van der Waals surface area contributed by atoms with Crippen molar-refractivity contribution in [1.29, 1.82) is 0 Å². The zero-order valence-electron chi connectivity index (χ0n) is 9.48. The van der Waals surface area contributed by atoms with E-state index in [1.807, 2.05) is 13.8 Å². The van der Waals surface area contributed by atoms with Gasteiger partial charge in [-0.25, -0.2) is 14.7 Å². The first-order valence-electron chi connectivity index (χ1n) is 4.69. The number of hydrogen-bond donors (Lipinski definition) is 2. The predicted molar refractivity (Wildman–Crippen MR) is 53.3 cm³/mol. The van der Waals surface area contributed by atoms with Gasteiger partial charge in [0.2, 0.25) is 0 Å². The van der Waals surface area contributed by atoms with Crippen LogP contribution in [0.4, 0.5) is 4.79 Å². The molecule has 0 aliphatic heterocycles. The molecule has 0 rings (SSSR count). The van der Waals surface area contributed by atoms with Crippen molar-refractivity contribution in [3.8, 4) is 0 Å². The molecule has 0 aromatic heterocycles. The molecule has 2 N–H and O–H groups in total. The molecular formula is C9H18N2O4. The van der Waals surface area contributed by atoms with E-state index in [0.717, 1.165) is 0 Å². The Hall–Kier alpha value is -1.30. The Kier molecular flexibility index (Phi) is 5.69. The van der Waals surface area contributed by atoms with Gasteiger partial charge in [-0.05, 0) is 12.3 Å². The molecule has 88 valence electrons. The van der Waals surface area contributed by atoms with Crippen LogP contribution in [0.5, 0.6) is 0 Å². The fraction of sp³-hybridized carbons (Fsp3) is 0.778. The van der Waals surface area contributed by atoms with E-state index >= 15 is 0 Å². The van der Waals surface area contributed by atoms with Crippen LogP contribution in [0.25, 0.3) is 0 Å². The summed E-state index contributed by atoms with van der Waals surface area (Å²) in [5, 5.41) is 11.6. The third-order valence-corrected chi connectivity index (χ3v) is 1.78. The van der Waals surface area contributed by atoms with Gasteiger partial charge in [0, 0.05) is 7.05 Å².